The molecule has 0 unspecified atom stereocenters. The Morgan fingerprint density at radius 2 is 2.06 bits per heavy atom. The van der Waals surface area contributed by atoms with Crippen molar-refractivity contribution in [3.63, 3.8) is 0 Å². The van der Waals surface area contributed by atoms with Gasteiger partial charge in [-0.15, -0.1) is 0 Å². The number of carbonyl (C=O) groups is 1. The molecule has 0 N–H and O–H groups in total. The van der Waals surface area contributed by atoms with E-state index in [0.29, 0.717) is 0 Å². The summed E-state index contributed by atoms with van der Waals surface area (Å²) in [6.07, 6.45) is 0. The summed E-state index contributed by atoms with van der Waals surface area (Å²) in [6, 6.07) is 6.45. The number of benzene rings is 1. The van der Waals surface area contributed by atoms with E-state index in [9.17, 15) is 4.79 Å². The van der Waals surface area contributed by atoms with Crippen LogP contribution in [0.25, 0.3) is 0 Å². The zero-order chi connectivity index (χ0) is 12.8. The van der Waals surface area contributed by atoms with Crippen molar-refractivity contribution in [2.24, 2.45) is 5.41 Å². The van der Waals surface area contributed by atoms with Gasteiger partial charge in [0.15, 0.2) is 0 Å². The maximum atomic E-state index is 12.3. The zero-order valence-electron chi connectivity index (χ0n) is 10.7. The average molecular weight is 296 g/mol. The molecule has 0 aromatic heterocycles. The Hall–Kier alpha value is -0.830. The van der Waals surface area contributed by atoms with E-state index in [1.165, 1.54) is 11.1 Å². The number of halogens is 1. The molecule has 17 heavy (non-hydrogen) atoms. The summed E-state index contributed by atoms with van der Waals surface area (Å²) >= 11 is 3.48. The van der Waals surface area contributed by atoms with Gasteiger partial charge in [-0.25, -0.2) is 0 Å². The lowest BCUT2D eigenvalue weighted by molar-refractivity contribution is -0.141. The first-order valence-corrected chi connectivity index (χ1v) is 6.69. The molecule has 1 aromatic carbocycles. The van der Waals surface area contributed by atoms with E-state index in [0.717, 1.165) is 11.0 Å². The van der Waals surface area contributed by atoms with Crippen LogP contribution in [-0.2, 0) is 11.3 Å². The Morgan fingerprint density at radius 1 is 1.41 bits per heavy atom. The summed E-state index contributed by atoms with van der Waals surface area (Å²) in [4.78, 5) is 14.3. The van der Waals surface area contributed by atoms with Crippen molar-refractivity contribution in [3.05, 3.63) is 33.8 Å². The highest BCUT2D eigenvalue weighted by Crippen LogP contribution is 2.37. The number of rotatable bonds is 0. The second-order valence-corrected chi connectivity index (χ2v) is 6.62. The lowest BCUT2D eigenvalue weighted by Gasteiger charge is -2.29. The molecule has 0 spiro atoms. The van der Waals surface area contributed by atoms with Crippen LogP contribution in [0.5, 0.6) is 0 Å². The Bertz CT molecular complexity index is 462. The molecule has 1 atom stereocenters. The fourth-order valence-corrected chi connectivity index (χ4v) is 2.69. The smallest absolute Gasteiger partial charge is 0.228 e. The van der Waals surface area contributed by atoms with Crippen LogP contribution in [-0.4, -0.2) is 10.8 Å². The summed E-state index contributed by atoms with van der Waals surface area (Å²) in [5.74, 6) is 0.220. The Morgan fingerprint density at radius 3 is 2.65 bits per heavy atom. The minimum Gasteiger partial charge on any atom is -0.331 e. The highest BCUT2D eigenvalue weighted by molar-refractivity contribution is 9.10. The number of fused-ring (bicyclic) bond motifs is 1. The van der Waals surface area contributed by atoms with E-state index < -0.39 is 0 Å². The molecule has 0 saturated carbocycles. The first-order chi connectivity index (χ1) is 7.80. The Labute approximate surface area is 111 Å². The van der Waals surface area contributed by atoms with E-state index in [-0.39, 0.29) is 17.4 Å². The average Bonchev–Trinajstić information content (AvgIpc) is 2.53. The van der Waals surface area contributed by atoms with Gasteiger partial charge in [0.25, 0.3) is 0 Å². The van der Waals surface area contributed by atoms with Crippen LogP contribution in [0.3, 0.4) is 0 Å². The SMILES string of the molecule is C[C@@H]1c2ccc(Br)cc2CN1C(=O)C(C)(C)C. The van der Waals surface area contributed by atoms with Crippen LogP contribution in [0.2, 0.25) is 0 Å². The zero-order valence-corrected chi connectivity index (χ0v) is 12.3. The minimum absolute atomic E-state index is 0.185. The highest BCUT2D eigenvalue weighted by atomic mass is 79.9. The Balaban J connectivity index is 2.31. The molecular weight excluding hydrogens is 278 g/mol. The van der Waals surface area contributed by atoms with E-state index >= 15 is 0 Å². The molecule has 2 rings (SSSR count). The van der Waals surface area contributed by atoms with Crippen molar-refractivity contribution < 1.29 is 4.79 Å². The lowest BCUT2D eigenvalue weighted by atomic mass is 9.94. The van der Waals surface area contributed by atoms with Crippen molar-refractivity contribution in [1.82, 2.24) is 4.90 Å². The monoisotopic (exact) mass is 295 g/mol. The van der Waals surface area contributed by atoms with Crippen molar-refractivity contribution in [3.8, 4) is 0 Å². The lowest BCUT2D eigenvalue weighted by Crippen LogP contribution is -2.37. The summed E-state index contributed by atoms with van der Waals surface area (Å²) in [6.45, 7) is 8.75. The summed E-state index contributed by atoms with van der Waals surface area (Å²) in [7, 11) is 0. The first-order valence-electron chi connectivity index (χ1n) is 5.90. The van der Waals surface area contributed by atoms with E-state index in [2.05, 4.69) is 35.0 Å². The van der Waals surface area contributed by atoms with Gasteiger partial charge in [-0.2, -0.15) is 0 Å². The van der Waals surface area contributed by atoms with Crippen LogP contribution in [0.4, 0.5) is 0 Å². The number of amides is 1. The van der Waals surface area contributed by atoms with Gasteiger partial charge >= 0.3 is 0 Å². The van der Waals surface area contributed by atoms with Gasteiger partial charge in [0.05, 0.1) is 6.04 Å². The third-order valence-electron chi connectivity index (χ3n) is 3.27. The molecule has 1 aliphatic rings. The predicted octanol–water partition coefficient (Wildman–Crippen LogP) is 3.90. The fourth-order valence-electron chi connectivity index (χ4n) is 2.29. The molecule has 1 aliphatic heterocycles. The van der Waals surface area contributed by atoms with Gasteiger partial charge in [0.2, 0.25) is 5.91 Å². The summed E-state index contributed by atoms with van der Waals surface area (Å²) in [5.41, 5.74) is 2.21. The van der Waals surface area contributed by atoms with Gasteiger partial charge < -0.3 is 4.90 Å². The third-order valence-corrected chi connectivity index (χ3v) is 3.76. The minimum atomic E-state index is -0.312. The standard InChI is InChI=1S/C14H18BrNO/c1-9-12-6-5-11(15)7-10(12)8-16(9)13(17)14(2,3)4/h5-7,9H,8H2,1-4H3/t9-/m1/s1. The molecule has 0 bridgehead atoms. The second kappa shape index (κ2) is 4.13. The molecule has 1 heterocycles. The first kappa shape index (κ1) is 12.6. The molecule has 0 fully saturated rings. The van der Waals surface area contributed by atoms with Crippen molar-refractivity contribution in [2.45, 2.75) is 40.3 Å². The maximum absolute atomic E-state index is 12.3. The van der Waals surface area contributed by atoms with Crippen LogP contribution in [0.15, 0.2) is 22.7 Å². The van der Waals surface area contributed by atoms with Crippen LogP contribution >= 0.6 is 15.9 Å². The van der Waals surface area contributed by atoms with E-state index in [1.807, 2.05) is 31.7 Å². The van der Waals surface area contributed by atoms with Crippen molar-refractivity contribution in [2.75, 3.05) is 0 Å². The Kier molecular flexibility index (Phi) is 3.06. The number of carbonyl (C=O) groups excluding carboxylic acids is 1. The van der Waals surface area contributed by atoms with Crippen LogP contribution in [0, 0.1) is 5.41 Å². The number of hydrogen-bond acceptors (Lipinski definition) is 1. The molecular formula is C14H18BrNO. The second-order valence-electron chi connectivity index (χ2n) is 5.70. The molecule has 0 radical (unpaired) electrons. The number of hydrogen-bond donors (Lipinski definition) is 0. The molecule has 2 nitrogen and oxygen atoms in total. The maximum Gasteiger partial charge on any atom is 0.228 e. The molecule has 1 amide bonds. The topological polar surface area (TPSA) is 20.3 Å². The van der Waals surface area contributed by atoms with Crippen LogP contribution < -0.4 is 0 Å². The largest absolute Gasteiger partial charge is 0.331 e. The van der Waals surface area contributed by atoms with Gasteiger partial charge in [-0.3, -0.25) is 4.79 Å². The molecule has 0 aliphatic carbocycles. The van der Waals surface area contributed by atoms with E-state index in [4.69, 9.17) is 0 Å². The third kappa shape index (κ3) is 2.25. The van der Waals surface area contributed by atoms with Gasteiger partial charge in [-0.1, -0.05) is 42.8 Å². The highest BCUT2D eigenvalue weighted by Gasteiger charge is 2.35. The molecule has 92 valence electrons. The predicted molar refractivity (Wildman–Crippen MR) is 72.6 cm³/mol. The molecule has 3 heteroatoms. The molecule has 0 saturated heterocycles. The summed E-state index contributed by atoms with van der Waals surface area (Å²) in [5, 5.41) is 0. The van der Waals surface area contributed by atoms with Crippen molar-refractivity contribution >= 4 is 21.8 Å². The van der Waals surface area contributed by atoms with Gasteiger partial charge in [0.1, 0.15) is 0 Å². The van der Waals surface area contributed by atoms with Crippen LogP contribution in [0.1, 0.15) is 44.9 Å². The van der Waals surface area contributed by atoms with E-state index in [1.54, 1.807) is 0 Å². The quantitative estimate of drug-likeness (QED) is 0.711. The van der Waals surface area contributed by atoms with Gasteiger partial charge in [-0.05, 0) is 30.2 Å². The normalized spacial score (nSPS) is 19.4. The summed E-state index contributed by atoms with van der Waals surface area (Å²) < 4.78 is 1.08. The number of nitrogens with zero attached hydrogens (tertiary/aromatic N) is 1. The van der Waals surface area contributed by atoms with Gasteiger partial charge in [0, 0.05) is 16.4 Å². The van der Waals surface area contributed by atoms with Crippen molar-refractivity contribution in [1.29, 1.82) is 0 Å². The fraction of sp³-hybridized carbons (Fsp3) is 0.500. The molecule has 1 aromatic rings.